The van der Waals surface area contributed by atoms with Gasteiger partial charge in [0.1, 0.15) is 0 Å². The highest BCUT2D eigenvalue weighted by atomic mass is 127. The molecule has 0 radical (unpaired) electrons. The molecule has 0 fully saturated rings. The second-order valence-corrected chi connectivity index (χ2v) is 8.45. The first-order chi connectivity index (χ1) is 12.2. The van der Waals surface area contributed by atoms with Gasteiger partial charge in [0.25, 0.3) is 0 Å². The molecular formula is C18H18INO5S. The first-order valence-electron chi connectivity index (χ1n) is 7.80. The predicted molar refractivity (Wildman–Crippen MR) is 105 cm³/mol. The Bertz CT molecular complexity index is 892. The zero-order valence-electron chi connectivity index (χ0n) is 14.2. The number of aryl methyl sites for hydroxylation is 1. The summed E-state index contributed by atoms with van der Waals surface area (Å²) < 4.78 is 33.1. The molecule has 1 unspecified atom stereocenters. The highest BCUT2D eigenvalue weighted by Gasteiger charge is 2.33. The van der Waals surface area contributed by atoms with Crippen molar-refractivity contribution in [2.45, 2.75) is 24.8 Å². The van der Waals surface area contributed by atoms with Crippen molar-refractivity contribution in [1.82, 2.24) is 4.72 Å². The van der Waals surface area contributed by atoms with Crippen molar-refractivity contribution in [2.75, 3.05) is 6.61 Å². The molecule has 2 aromatic rings. The van der Waals surface area contributed by atoms with Gasteiger partial charge in [0, 0.05) is 9.13 Å². The number of ether oxygens (including phenoxy) is 1. The van der Waals surface area contributed by atoms with E-state index >= 15 is 0 Å². The number of sulfonamides is 1. The van der Waals surface area contributed by atoms with Gasteiger partial charge in [-0.1, -0.05) is 29.8 Å². The van der Waals surface area contributed by atoms with Crippen LogP contribution in [0.3, 0.4) is 0 Å². The Balaban J connectivity index is 2.35. The summed E-state index contributed by atoms with van der Waals surface area (Å²) in [6.07, 6.45) is 0. The molecule has 2 rings (SSSR count). The van der Waals surface area contributed by atoms with E-state index in [1.54, 1.807) is 31.2 Å². The monoisotopic (exact) mass is 487 g/mol. The van der Waals surface area contributed by atoms with Gasteiger partial charge in [-0.3, -0.25) is 4.79 Å². The van der Waals surface area contributed by atoms with Gasteiger partial charge in [0.2, 0.25) is 10.0 Å². The largest absolute Gasteiger partial charge is 0.464 e. The van der Waals surface area contributed by atoms with Crippen molar-refractivity contribution in [3.05, 3.63) is 63.2 Å². The minimum absolute atomic E-state index is 0.0293. The minimum Gasteiger partial charge on any atom is -0.464 e. The fourth-order valence-electron chi connectivity index (χ4n) is 2.16. The van der Waals surface area contributed by atoms with Crippen LogP contribution in [0.2, 0.25) is 0 Å². The number of ketones is 1. The standard InChI is InChI=1S/C18H18INO5S/c1-3-25-18(22)16(17(21)13-6-8-14(19)9-7-13)20-26(23,24)15-10-4-12(2)5-11-15/h4-11,16,20H,3H2,1-2H3. The van der Waals surface area contributed by atoms with Crippen LogP contribution in [0.25, 0.3) is 0 Å². The molecule has 0 saturated heterocycles. The maximum absolute atomic E-state index is 12.7. The first-order valence-corrected chi connectivity index (χ1v) is 10.4. The number of hydrogen-bond acceptors (Lipinski definition) is 5. The van der Waals surface area contributed by atoms with Gasteiger partial charge in [0.15, 0.2) is 11.8 Å². The number of hydrogen-bond donors (Lipinski definition) is 1. The summed E-state index contributed by atoms with van der Waals surface area (Å²) >= 11 is 2.08. The summed E-state index contributed by atoms with van der Waals surface area (Å²) in [4.78, 5) is 24.9. The van der Waals surface area contributed by atoms with E-state index in [1.807, 2.05) is 6.92 Å². The van der Waals surface area contributed by atoms with Crippen LogP contribution in [0, 0.1) is 10.5 Å². The lowest BCUT2D eigenvalue weighted by atomic mass is 10.1. The summed E-state index contributed by atoms with van der Waals surface area (Å²) in [6.45, 7) is 3.44. The van der Waals surface area contributed by atoms with E-state index in [0.29, 0.717) is 0 Å². The summed E-state index contributed by atoms with van der Waals surface area (Å²) in [5, 5.41) is 0. The average molecular weight is 487 g/mol. The highest BCUT2D eigenvalue weighted by molar-refractivity contribution is 14.1. The number of halogens is 1. The molecule has 0 amide bonds. The second-order valence-electron chi connectivity index (χ2n) is 5.49. The molecule has 8 heteroatoms. The van der Waals surface area contributed by atoms with Crippen LogP contribution in [0.1, 0.15) is 22.8 Å². The molecule has 2 aromatic carbocycles. The Kier molecular flexibility index (Phi) is 6.90. The Morgan fingerprint density at radius 2 is 1.65 bits per heavy atom. The number of Topliss-reactive ketones (excluding diaryl/α,β-unsaturated/α-hetero) is 1. The molecular weight excluding hydrogens is 469 g/mol. The fourth-order valence-corrected chi connectivity index (χ4v) is 3.66. The lowest BCUT2D eigenvalue weighted by molar-refractivity contribution is -0.143. The summed E-state index contributed by atoms with van der Waals surface area (Å²) in [5.74, 6) is -1.61. The van der Waals surface area contributed by atoms with Crippen molar-refractivity contribution >= 4 is 44.4 Å². The van der Waals surface area contributed by atoms with Crippen molar-refractivity contribution in [1.29, 1.82) is 0 Å². The van der Waals surface area contributed by atoms with E-state index in [2.05, 4.69) is 27.3 Å². The van der Waals surface area contributed by atoms with Gasteiger partial charge in [-0.05, 0) is 60.7 Å². The first kappa shape index (κ1) is 20.5. The molecule has 1 N–H and O–H groups in total. The number of carbonyl (C=O) groups is 2. The quantitative estimate of drug-likeness (QED) is 0.281. The van der Waals surface area contributed by atoms with E-state index in [0.717, 1.165) is 9.13 Å². The van der Waals surface area contributed by atoms with Crippen molar-refractivity contribution in [3.8, 4) is 0 Å². The van der Waals surface area contributed by atoms with E-state index < -0.39 is 27.8 Å². The van der Waals surface area contributed by atoms with E-state index in [1.165, 1.54) is 24.3 Å². The van der Waals surface area contributed by atoms with Gasteiger partial charge >= 0.3 is 5.97 Å². The van der Waals surface area contributed by atoms with Crippen LogP contribution in [-0.2, 0) is 19.6 Å². The Hall–Kier alpha value is -1.78. The lowest BCUT2D eigenvalue weighted by Crippen LogP contribution is -2.47. The third kappa shape index (κ3) is 5.12. The summed E-state index contributed by atoms with van der Waals surface area (Å²) in [6, 6.07) is 10.9. The molecule has 0 spiro atoms. The molecule has 138 valence electrons. The minimum atomic E-state index is -4.07. The van der Waals surface area contributed by atoms with E-state index in [9.17, 15) is 18.0 Å². The van der Waals surface area contributed by atoms with Crippen LogP contribution in [0.4, 0.5) is 0 Å². The zero-order valence-corrected chi connectivity index (χ0v) is 17.2. The molecule has 0 aliphatic carbocycles. The van der Waals surface area contributed by atoms with Gasteiger partial charge in [-0.15, -0.1) is 0 Å². The van der Waals surface area contributed by atoms with Crippen LogP contribution in [-0.4, -0.2) is 32.8 Å². The van der Waals surface area contributed by atoms with Gasteiger partial charge in [0.05, 0.1) is 11.5 Å². The van der Waals surface area contributed by atoms with Crippen LogP contribution in [0.15, 0.2) is 53.4 Å². The molecule has 0 aliphatic rings. The van der Waals surface area contributed by atoms with Gasteiger partial charge in [-0.25, -0.2) is 13.2 Å². The molecule has 0 aliphatic heterocycles. The molecule has 26 heavy (non-hydrogen) atoms. The summed E-state index contributed by atoms with van der Waals surface area (Å²) in [7, 11) is -4.07. The van der Waals surface area contributed by atoms with Gasteiger partial charge in [-0.2, -0.15) is 4.72 Å². The third-order valence-corrected chi connectivity index (χ3v) is 5.68. The highest BCUT2D eigenvalue weighted by Crippen LogP contribution is 2.14. The SMILES string of the molecule is CCOC(=O)C(NS(=O)(=O)c1ccc(C)cc1)C(=O)c1ccc(I)cc1. The Morgan fingerprint density at radius 1 is 1.08 bits per heavy atom. The molecule has 0 saturated carbocycles. The second kappa shape index (κ2) is 8.74. The van der Waals surface area contributed by atoms with Crippen molar-refractivity contribution in [2.24, 2.45) is 0 Å². The predicted octanol–water partition coefficient (Wildman–Crippen LogP) is 2.69. The van der Waals surface area contributed by atoms with Crippen LogP contribution in [0.5, 0.6) is 0 Å². The normalized spacial score (nSPS) is 12.4. The molecule has 0 aromatic heterocycles. The van der Waals surface area contributed by atoms with Crippen molar-refractivity contribution in [3.63, 3.8) is 0 Å². The number of nitrogens with one attached hydrogen (secondary N) is 1. The van der Waals surface area contributed by atoms with Gasteiger partial charge < -0.3 is 4.74 Å². The van der Waals surface area contributed by atoms with Crippen LogP contribution < -0.4 is 4.72 Å². The number of esters is 1. The average Bonchev–Trinajstić information content (AvgIpc) is 2.60. The van der Waals surface area contributed by atoms with Crippen molar-refractivity contribution < 1.29 is 22.7 Å². The number of carbonyl (C=O) groups excluding carboxylic acids is 2. The summed E-state index contributed by atoms with van der Waals surface area (Å²) in [5.41, 5.74) is 1.11. The fraction of sp³-hybridized carbons (Fsp3) is 0.222. The molecule has 6 nitrogen and oxygen atoms in total. The maximum Gasteiger partial charge on any atom is 0.332 e. The smallest absolute Gasteiger partial charge is 0.332 e. The topological polar surface area (TPSA) is 89.5 Å². The molecule has 0 heterocycles. The molecule has 0 bridgehead atoms. The van der Waals surface area contributed by atoms with E-state index in [-0.39, 0.29) is 17.1 Å². The third-order valence-electron chi connectivity index (χ3n) is 3.52. The zero-order chi connectivity index (χ0) is 19.3. The lowest BCUT2D eigenvalue weighted by Gasteiger charge is -2.17. The van der Waals surface area contributed by atoms with E-state index in [4.69, 9.17) is 4.74 Å². The maximum atomic E-state index is 12.7. The number of rotatable bonds is 7. The molecule has 1 atom stereocenters. The number of benzene rings is 2. The van der Waals surface area contributed by atoms with Crippen LogP contribution >= 0.6 is 22.6 Å². The Labute approximate surface area is 166 Å². The Morgan fingerprint density at radius 3 is 2.19 bits per heavy atom.